The Kier molecular flexibility index (Phi) is 1.80. The van der Waals surface area contributed by atoms with Gasteiger partial charge in [0.25, 0.3) is 0 Å². The molecule has 16 heavy (non-hydrogen) atoms. The fraction of sp³-hybridized carbons (Fsp3) is 0.182. The maximum atomic E-state index is 11.4. The third kappa shape index (κ3) is 1.21. The average molecular weight is 220 g/mol. The first kappa shape index (κ1) is 9.08. The highest BCUT2D eigenvalue weighted by molar-refractivity contribution is 5.85. The summed E-state index contributed by atoms with van der Waals surface area (Å²) in [7, 11) is 1.56. The number of ether oxygens (including phenoxy) is 3. The van der Waals surface area contributed by atoms with Crippen LogP contribution in [-0.4, -0.2) is 13.9 Å². The maximum Gasteiger partial charge on any atom is 0.379 e. The zero-order valence-corrected chi connectivity index (χ0v) is 8.48. The molecule has 1 aromatic heterocycles. The molecule has 0 saturated heterocycles. The van der Waals surface area contributed by atoms with E-state index in [0.29, 0.717) is 22.5 Å². The Morgan fingerprint density at radius 2 is 2.00 bits per heavy atom. The number of methoxy groups -OCH3 is 1. The van der Waals surface area contributed by atoms with Crippen LogP contribution in [0, 0.1) is 0 Å². The van der Waals surface area contributed by atoms with Crippen LogP contribution < -0.4 is 19.8 Å². The SMILES string of the molecule is COc1cc2c3oc(=O)c(cc3c1)OCO2. The predicted octanol–water partition coefficient (Wildman–Crippen LogP) is 1.53. The monoisotopic (exact) mass is 220 g/mol. The Bertz CT molecular complexity index is 614. The molecule has 82 valence electrons. The fourth-order valence-corrected chi connectivity index (χ4v) is 1.64. The van der Waals surface area contributed by atoms with Crippen molar-refractivity contribution in [3.05, 3.63) is 28.6 Å². The van der Waals surface area contributed by atoms with E-state index in [1.54, 1.807) is 25.3 Å². The smallest absolute Gasteiger partial charge is 0.379 e. The summed E-state index contributed by atoms with van der Waals surface area (Å²) in [6.07, 6.45) is 0. The van der Waals surface area contributed by atoms with Gasteiger partial charge in [-0.25, -0.2) is 4.79 Å². The highest BCUT2D eigenvalue weighted by atomic mass is 16.7. The molecule has 0 N–H and O–H groups in total. The zero-order valence-electron chi connectivity index (χ0n) is 8.48. The Morgan fingerprint density at radius 1 is 1.19 bits per heavy atom. The molecule has 1 aromatic carbocycles. The van der Waals surface area contributed by atoms with Crippen LogP contribution in [0.15, 0.2) is 27.4 Å². The number of hydrogen-bond donors (Lipinski definition) is 0. The molecule has 0 atom stereocenters. The van der Waals surface area contributed by atoms with Crippen molar-refractivity contribution in [2.75, 3.05) is 13.9 Å². The van der Waals surface area contributed by atoms with E-state index >= 15 is 0 Å². The topological polar surface area (TPSA) is 57.9 Å². The molecule has 0 unspecified atom stereocenters. The summed E-state index contributed by atoms with van der Waals surface area (Å²) in [6.45, 7) is -0.0134. The molecule has 0 aliphatic carbocycles. The third-order valence-corrected chi connectivity index (χ3v) is 2.40. The van der Waals surface area contributed by atoms with E-state index in [-0.39, 0.29) is 12.5 Å². The molecule has 5 heteroatoms. The van der Waals surface area contributed by atoms with Crippen LogP contribution >= 0.6 is 0 Å². The van der Waals surface area contributed by atoms with Crippen LogP contribution in [-0.2, 0) is 0 Å². The van der Waals surface area contributed by atoms with Crippen molar-refractivity contribution >= 4 is 11.0 Å². The van der Waals surface area contributed by atoms with Gasteiger partial charge in [-0.05, 0) is 12.1 Å². The van der Waals surface area contributed by atoms with Crippen molar-refractivity contribution < 1.29 is 18.6 Å². The summed E-state index contributed by atoms with van der Waals surface area (Å²) in [4.78, 5) is 11.4. The Morgan fingerprint density at radius 3 is 2.81 bits per heavy atom. The van der Waals surface area contributed by atoms with E-state index in [1.165, 1.54) is 0 Å². The van der Waals surface area contributed by atoms with Crippen molar-refractivity contribution in [2.45, 2.75) is 0 Å². The maximum absolute atomic E-state index is 11.4. The van der Waals surface area contributed by atoms with E-state index < -0.39 is 5.63 Å². The van der Waals surface area contributed by atoms with Gasteiger partial charge in [-0.2, -0.15) is 0 Å². The molecule has 4 bridgehead atoms. The zero-order chi connectivity index (χ0) is 11.1. The van der Waals surface area contributed by atoms with Crippen molar-refractivity contribution in [3.63, 3.8) is 0 Å². The minimum Gasteiger partial charge on any atom is -0.497 e. The second-order valence-electron chi connectivity index (χ2n) is 3.35. The first-order valence-corrected chi connectivity index (χ1v) is 4.69. The lowest BCUT2D eigenvalue weighted by Crippen LogP contribution is -2.15. The lowest BCUT2D eigenvalue weighted by Gasteiger charge is -2.14. The van der Waals surface area contributed by atoms with E-state index in [9.17, 15) is 4.79 Å². The van der Waals surface area contributed by atoms with Crippen molar-refractivity contribution in [3.8, 4) is 17.2 Å². The molecule has 0 spiro atoms. The van der Waals surface area contributed by atoms with Gasteiger partial charge in [-0.3, -0.25) is 0 Å². The van der Waals surface area contributed by atoms with Crippen LogP contribution in [0.1, 0.15) is 0 Å². The third-order valence-electron chi connectivity index (χ3n) is 2.40. The molecule has 0 amide bonds. The minimum atomic E-state index is -0.498. The van der Waals surface area contributed by atoms with Crippen LogP contribution in [0.3, 0.4) is 0 Å². The molecule has 4 rings (SSSR count). The van der Waals surface area contributed by atoms with Gasteiger partial charge in [0.15, 0.2) is 11.3 Å². The molecule has 5 nitrogen and oxygen atoms in total. The van der Waals surface area contributed by atoms with Crippen molar-refractivity contribution in [2.24, 2.45) is 0 Å². The van der Waals surface area contributed by atoms with Gasteiger partial charge in [0.2, 0.25) is 12.5 Å². The summed E-state index contributed by atoms with van der Waals surface area (Å²) < 4.78 is 20.6. The first-order chi connectivity index (χ1) is 7.78. The van der Waals surface area contributed by atoms with Crippen LogP contribution in [0.4, 0.5) is 0 Å². The molecule has 3 heterocycles. The quantitative estimate of drug-likeness (QED) is 0.682. The molecule has 2 aliphatic heterocycles. The average Bonchev–Trinajstić information content (AvgIpc) is 2.28. The highest BCUT2D eigenvalue weighted by Gasteiger charge is 2.16. The van der Waals surface area contributed by atoms with Gasteiger partial charge in [-0.15, -0.1) is 0 Å². The van der Waals surface area contributed by atoms with Gasteiger partial charge < -0.3 is 18.6 Å². The van der Waals surface area contributed by atoms with Crippen LogP contribution in [0.2, 0.25) is 0 Å². The Labute approximate surface area is 90.1 Å². The van der Waals surface area contributed by atoms with E-state index in [4.69, 9.17) is 18.6 Å². The predicted molar refractivity (Wildman–Crippen MR) is 55.2 cm³/mol. The number of fused-ring (bicyclic) bond motifs is 3. The summed E-state index contributed by atoms with van der Waals surface area (Å²) in [6, 6.07) is 5.03. The number of benzene rings is 1. The molecule has 2 aromatic rings. The molecule has 0 radical (unpaired) electrons. The molecular weight excluding hydrogens is 212 g/mol. The molecule has 0 fully saturated rings. The lowest BCUT2D eigenvalue weighted by atomic mass is 10.2. The Balaban J connectivity index is 2.44. The van der Waals surface area contributed by atoms with E-state index in [1.807, 2.05) is 0 Å². The van der Waals surface area contributed by atoms with Crippen molar-refractivity contribution in [1.82, 2.24) is 0 Å². The lowest BCUT2D eigenvalue weighted by molar-refractivity contribution is 0.110. The summed E-state index contributed by atoms with van der Waals surface area (Å²) >= 11 is 0. The molecular formula is C11H8O5. The van der Waals surface area contributed by atoms with Gasteiger partial charge in [0, 0.05) is 11.5 Å². The largest absolute Gasteiger partial charge is 0.497 e. The molecule has 0 saturated carbocycles. The van der Waals surface area contributed by atoms with Crippen LogP contribution in [0.25, 0.3) is 11.0 Å². The van der Waals surface area contributed by atoms with Crippen molar-refractivity contribution in [1.29, 1.82) is 0 Å². The fourth-order valence-electron chi connectivity index (χ4n) is 1.64. The summed E-state index contributed by atoms with van der Waals surface area (Å²) in [5.74, 6) is 1.23. The van der Waals surface area contributed by atoms with Gasteiger partial charge in [0.1, 0.15) is 5.75 Å². The summed E-state index contributed by atoms with van der Waals surface area (Å²) in [5, 5.41) is 0.712. The normalized spacial score (nSPS) is 13.1. The summed E-state index contributed by atoms with van der Waals surface area (Å²) in [5.41, 5.74) is -0.0833. The van der Waals surface area contributed by atoms with Gasteiger partial charge >= 0.3 is 5.63 Å². The highest BCUT2D eigenvalue weighted by Crippen LogP contribution is 2.33. The molecule has 2 aliphatic rings. The van der Waals surface area contributed by atoms with Gasteiger partial charge in [0.05, 0.1) is 7.11 Å². The van der Waals surface area contributed by atoms with Crippen LogP contribution in [0.5, 0.6) is 17.2 Å². The second-order valence-corrected chi connectivity index (χ2v) is 3.35. The second kappa shape index (κ2) is 3.16. The number of rotatable bonds is 1. The van der Waals surface area contributed by atoms with E-state index in [0.717, 1.165) is 0 Å². The number of hydrogen-bond acceptors (Lipinski definition) is 5. The van der Waals surface area contributed by atoms with Gasteiger partial charge in [-0.1, -0.05) is 0 Å². The first-order valence-electron chi connectivity index (χ1n) is 4.69. The minimum absolute atomic E-state index is 0.0134. The Hall–Kier alpha value is -2.17. The van der Waals surface area contributed by atoms with E-state index in [2.05, 4.69) is 0 Å². The standard InChI is InChI=1S/C11H8O5/c1-13-7-2-6-3-9-11(12)16-10(6)8(4-7)14-5-15-9/h2-4H,5H2,1H3.